The van der Waals surface area contributed by atoms with Gasteiger partial charge in [0.1, 0.15) is 17.0 Å². The van der Waals surface area contributed by atoms with Crippen molar-refractivity contribution < 1.29 is 23.0 Å². The zero-order valence-electron chi connectivity index (χ0n) is 15.0. The van der Waals surface area contributed by atoms with Crippen LogP contribution in [0.5, 0.6) is 11.8 Å². The third kappa shape index (κ3) is 3.92. The average molecular weight is 389 g/mol. The lowest BCUT2D eigenvalue weighted by atomic mass is 10.1. The Bertz CT molecular complexity index is 819. The van der Waals surface area contributed by atoms with E-state index in [1.165, 1.54) is 4.68 Å². The Kier molecular flexibility index (Phi) is 5.80. The SMILES string of the molecule is CCOC(=O)c1nn(C(C)(C)C)c(Oc2ncnc(Cl)c2C(F)F)c1C. The number of carbonyl (C=O) groups excluding carboxylic acids is 1. The maximum atomic E-state index is 13.3. The number of nitrogens with zero attached hydrogens (tertiary/aromatic N) is 4. The molecule has 26 heavy (non-hydrogen) atoms. The van der Waals surface area contributed by atoms with Gasteiger partial charge in [-0.3, -0.25) is 0 Å². The predicted molar refractivity (Wildman–Crippen MR) is 90.0 cm³/mol. The third-order valence-electron chi connectivity index (χ3n) is 3.38. The molecule has 0 saturated carbocycles. The molecule has 0 N–H and O–H groups in total. The van der Waals surface area contributed by atoms with Crippen molar-refractivity contribution in [3.63, 3.8) is 0 Å². The molecule has 0 atom stereocenters. The van der Waals surface area contributed by atoms with E-state index in [0.717, 1.165) is 6.33 Å². The van der Waals surface area contributed by atoms with E-state index in [1.807, 2.05) is 20.8 Å². The summed E-state index contributed by atoms with van der Waals surface area (Å²) in [6.45, 7) is 8.89. The molecule has 10 heteroatoms. The van der Waals surface area contributed by atoms with E-state index in [2.05, 4.69) is 15.1 Å². The molecule has 2 heterocycles. The van der Waals surface area contributed by atoms with E-state index in [1.54, 1.807) is 13.8 Å². The maximum absolute atomic E-state index is 13.3. The fourth-order valence-corrected chi connectivity index (χ4v) is 2.37. The van der Waals surface area contributed by atoms with Crippen molar-refractivity contribution in [2.24, 2.45) is 0 Å². The molecule has 0 aliphatic heterocycles. The molecule has 0 radical (unpaired) electrons. The highest BCUT2D eigenvalue weighted by Gasteiger charge is 2.30. The van der Waals surface area contributed by atoms with Crippen molar-refractivity contribution in [3.8, 4) is 11.8 Å². The Morgan fingerprint density at radius 2 is 2.00 bits per heavy atom. The van der Waals surface area contributed by atoms with E-state index in [0.29, 0.717) is 5.56 Å². The number of ether oxygens (including phenoxy) is 2. The average Bonchev–Trinajstić information content (AvgIpc) is 2.84. The molecule has 0 aromatic carbocycles. The van der Waals surface area contributed by atoms with Crippen LogP contribution >= 0.6 is 11.6 Å². The number of rotatable bonds is 5. The summed E-state index contributed by atoms with van der Waals surface area (Å²) in [6.07, 6.45) is -1.92. The molecule has 2 aromatic heterocycles. The molecule has 7 nitrogen and oxygen atoms in total. The van der Waals surface area contributed by atoms with E-state index >= 15 is 0 Å². The molecule has 0 unspecified atom stereocenters. The van der Waals surface area contributed by atoms with Gasteiger partial charge >= 0.3 is 5.97 Å². The van der Waals surface area contributed by atoms with Gasteiger partial charge in [-0.25, -0.2) is 28.2 Å². The highest BCUT2D eigenvalue weighted by molar-refractivity contribution is 6.30. The zero-order chi connectivity index (χ0) is 19.6. The quantitative estimate of drug-likeness (QED) is 0.561. The molecule has 0 bridgehead atoms. The lowest BCUT2D eigenvalue weighted by Gasteiger charge is -2.22. The smallest absolute Gasteiger partial charge is 0.359 e. The molecule has 2 aromatic rings. The number of carbonyl (C=O) groups is 1. The second kappa shape index (κ2) is 7.53. The first-order valence-electron chi connectivity index (χ1n) is 7.81. The maximum Gasteiger partial charge on any atom is 0.359 e. The van der Waals surface area contributed by atoms with Gasteiger partial charge in [-0.2, -0.15) is 5.10 Å². The lowest BCUT2D eigenvalue weighted by Crippen LogP contribution is -2.24. The van der Waals surface area contributed by atoms with Gasteiger partial charge in [0.2, 0.25) is 11.8 Å². The molecule has 0 saturated heterocycles. The molecular formula is C16H19ClF2N4O3. The highest BCUT2D eigenvalue weighted by Crippen LogP contribution is 2.37. The molecule has 142 valence electrons. The summed E-state index contributed by atoms with van der Waals surface area (Å²) in [5.74, 6) is -0.936. The van der Waals surface area contributed by atoms with Crippen LogP contribution in [0.2, 0.25) is 5.15 Å². The summed E-state index contributed by atoms with van der Waals surface area (Å²) >= 11 is 5.75. The minimum absolute atomic E-state index is 0.0375. The Balaban J connectivity index is 2.60. The Labute approximate surface area is 154 Å². The first kappa shape index (κ1) is 20.0. The van der Waals surface area contributed by atoms with Crippen molar-refractivity contribution >= 4 is 17.6 Å². The van der Waals surface area contributed by atoms with Crippen molar-refractivity contribution in [2.45, 2.75) is 46.6 Å². The zero-order valence-corrected chi connectivity index (χ0v) is 15.8. The Hall–Kier alpha value is -2.29. The van der Waals surface area contributed by atoms with E-state index in [4.69, 9.17) is 21.1 Å². The van der Waals surface area contributed by atoms with Crippen LogP contribution in [0, 0.1) is 6.92 Å². The van der Waals surface area contributed by atoms with Gasteiger partial charge in [0.25, 0.3) is 6.43 Å². The number of hydrogen-bond donors (Lipinski definition) is 0. The van der Waals surface area contributed by atoms with Crippen molar-refractivity contribution in [2.75, 3.05) is 6.61 Å². The number of halogens is 3. The van der Waals surface area contributed by atoms with Crippen LogP contribution in [0.3, 0.4) is 0 Å². The summed E-state index contributed by atoms with van der Waals surface area (Å²) in [5, 5.41) is 3.84. The van der Waals surface area contributed by atoms with E-state index in [9.17, 15) is 13.6 Å². The third-order valence-corrected chi connectivity index (χ3v) is 3.68. The second-order valence-electron chi connectivity index (χ2n) is 6.37. The van der Waals surface area contributed by atoms with Crippen molar-refractivity contribution in [3.05, 3.63) is 28.3 Å². The van der Waals surface area contributed by atoms with Gasteiger partial charge < -0.3 is 9.47 Å². The number of hydrogen-bond acceptors (Lipinski definition) is 6. The van der Waals surface area contributed by atoms with Gasteiger partial charge in [-0.1, -0.05) is 11.6 Å². The summed E-state index contributed by atoms with van der Waals surface area (Å²) < 4.78 is 38.7. The van der Waals surface area contributed by atoms with Gasteiger partial charge in [-0.05, 0) is 34.6 Å². The molecule has 2 rings (SSSR count). The van der Waals surface area contributed by atoms with Gasteiger partial charge in [0.15, 0.2) is 5.69 Å². The molecule has 0 aliphatic rings. The standard InChI is InChI=1S/C16H19ClF2N4O3/c1-6-25-15(24)10-8(2)14(23(22-10)16(3,4)5)26-13-9(12(18)19)11(17)20-7-21-13/h7,12H,6H2,1-5H3. The first-order valence-corrected chi connectivity index (χ1v) is 8.19. The van der Waals surface area contributed by atoms with Crippen LogP contribution in [0.1, 0.15) is 55.7 Å². The fourth-order valence-electron chi connectivity index (χ4n) is 2.16. The second-order valence-corrected chi connectivity index (χ2v) is 6.73. The minimum atomic E-state index is -2.94. The number of aromatic nitrogens is 4. The fraction of sp³-hybridized carbons (Fsp3) is 0.500. The molecular weight excluding hydrogens is 370 g/mol. The highest BCUT2D eigenvalue weighted by atomic mass is 35.5. The van der Waals surface area contributed by atoms with Gasteiger partial charge in [0.05, 0.1) is 12.1 Å². The van der Waals surface area contributed by atoms with E-state index in [-0.39, 0.29) is 18.2 Å². The van der Waals surface area contributed by atoms with Crippen LogP contribution in [0.4, 0.5) is 8.78 Å². The lowest BCUT2D eigenvalue weighted by molar-refractivity contribution is 0.0517. The molecule has 0 amide bonds. The van der Waals surface area contributed by atoms with Gasteiger partial charge in [-0.15, -0.1) is 0 Å². The van der Waals surface area contributed by atoms with Crippen LogP contribution in [0.15, 0.2) is 6.33 Å². The Morgan fingerprint density at radius 3 is 2.54 bits per heavy atom. The summed E-state index contributed by atoms with van der Waals surface area (Å²) in [5.41, 5.74) is -0.858. The summed E-state index contributed by atoms with van der Waals surface area (Å²) in [4.78, 5) is 19.4. The Morgan fingerprint density at radius 1 is 1.35 bits per heavy atom. The largest absolute Gasteiger partial charge is 0.461 e. The number of esters is 1. The van der Waals surface area contributed by atoms with Crippen LogP contribution in [0.25, 0.3) is 0 Å². The first-order chi connectivity index (χ1) is 12.1. The molecule has 0 fully saturated rings. The van der Waals surface area contributed by atoms with Crippen LogP contribution in [-0.4, -0.2) is 32.3 Å². The van der Waals surface area contributed by atoms with Crippen LogP contribution in [-0.2, 0) is 10.3 Å². The van der Waals surface area contributed by atoms with Gasteiger partial charge in [0, 0.05) is 5.56 Å². The van der Waals surface area contributed by atoms with Crippen LogP contribution < -0.4 is 4.74 Å². The van der Waals surface area contributed by atoms with E-state index < -0.39 is 34.5 Å². The van der Waals surface area contributed by atoms with Crippen molar-refractivity contribution in [1.82, 2.24) is 19.7 Å². The predicted octanol–water partition coefficient (Wildman–Crippen LogP) is 4.30. The van der Waals surface area contributed by atoms with Crippen molar-refractivity contribution in [1.29, 1.82) is 0 Å². The minimum Gasteiger partial charge on any atom is -0.461 e. The number of alkyl halides is 2. The molecule has 0 aliphatic carbocycles. The topological polar surface area (TPSA) is 79.1 Å². The summed E-state index contributed by atoms with van der Waals surface area (Å²) in [6, 6.07) is 0. The molecule has 0 spiro atoms. The monoisotopic (exact) mass is 388 g/mol. The normalized spacial score (nSPS) is 11.7. The summed E-state index contributed by atoms with van der Waals surface area (Å²) in [7, 11) is 0.